The molecule has 0 radical (unpaired) electrons. The van der Waals surface area contributed by atoms with Gasteiger partial charge in [-0.25, -0.2) is 0 Å². The van der Waals surface area contributed by atoms with Crippen LogP contribution in [0.5, 0.6) is 11.5 Å². The average Bonchev–Trinajstić information content (AvgIpc) is 3.03. The number of nitrogens with zero attached hydrogens (tertiary/aromatic N) is 1. The Balaban J connectivity index is 1.60. The highest BCUT2D eigenvalue weighted by molar-refractivity contribution is 6.98. The molecular weight excluding hydrogens is 569 g/mol. The third kappa shape index (κ3) is 5.10. The van der Waals surface area contributed by atoms with E-state index in [-0.39, 0.29) is 12.1 Å². The maximum atomic E-state index is 6.85. The quantitative estimate of drug-likeness (QED) is 0.179. The Morgan fingerprint density at radius 3 is 1.83 bits per heavy atom. The normalized spacial score (nSPS) is 14.6. The first-order valence-corrected chi connectivity index (χ1v) is 17.5. The Bertz CT molecular complexity index is 1970. The van der Waals surface area contributed by atoms with Crippen molar-refractivity contribution in [2.75, 3.05) is 4.90 Å². The van der Waals surface area contributed by atoms with E-state index in [2.05, 4.69) is 165 Å². The summed E-state index contributed by atoms with van der Waals surface area (Å²) in [6, 6.07) is 34.4. The molecule has 5 aromatic carbocycles. The maximum Gasteiger partial charge on any atom is 0.247 e. The van der Waals surface area contributed by atoms with Crippen LogP contribution in [0, 0.1) is 13.8 Å². The van der Waals surface area contributed by atoms with E-state index in [0.29, 0.717) is 17.8 Å². The largest absolute Gasteiger partial charge is 0.457 e. The van der Waals surface area contributed by atoms with E-state index in [4.69, 9.17) is 4.74 Å². The molecule has 0 unspecified atom stereocenters. The van der Waals surface area contributed by atoms with Gasteiger partial charge in [0.2, 0.25) is 6.71 Å². The van der Waals surface area contributed by atoms with Gasteiger partial charge in [-0.2, -0.15) is 0 Å². The summed E-state index contributed by atoms with van der Waals surface area (Å²) in [4.78, 5) is 2.50. The van der Waals surface area contributed by atoms with Gasteiger partial charge >= 0.3 is 0 Å². The summed E-state index contributed by atoms with van der Waals surface area (Å²) in [5.41, 5.74) is 16.9. The number of benzene rings is 5. The minimum Gasteiger partial charge on any atom is -0.457 e. The molecule has 3 heteroatoms. The molecule has 2 nitrogen and oxygen atoms in total. The second-order valence-electron chi connectivity index (χ2n) is 15.4. The standard InChI is InChI=1S/C44H48BNO/c1-26(2)31-22-33(27(3)4)43(34(23-31)28(5)6)45-37-18-16-30(8)21-39(37)46(32-14-12-11-13-15-32)40-24-36-42(25-38(40)45)47-41-19-17-29(7)20-35(41)44(36,9)10/h11-28H,1-10H3. The van der Waals surface area contributed by atoms with Crippen LogP contribution >= 0.6 is 0 Å². The van der Waals surface area contributed by atoms with Gasteiger partial charge in [0.15, 0.2) is 0 Å². The third-order valence-corrected chi connectivity index (χ3v) is 10.6. The monoisotopic (exact) mass is 617 g/mol. The van der Waals surface area contributed by atoms with Crippen molar-refractivity contribution in [1.29, 1.82) is 0 Å². The molecule has 0 N–H and O–H groups in total. The van der Waals surface area contributed by atoms with Gasteiger partial charge in [0.25, 0.3) is 0 Å². The van der Waals surface area contributed by atoms with Crippen molar-refractivity contribution >= 4 is 40.2 Å². The highest BCUT2D eigenvalue weighted by Gasteiger charge is 2.42. The van der Waals surface area contributed by atoms with Crippen LogP contribution in [0.1, 0.15) is 112 Å². The van der Waals surface area contributed by atoms with Gasteiger partial charge in [-0.1, -0.05) is 121 Å². The molecule has 238 valence electrons. The van der Waals surface area contributed by atoms with Gasteiger partial charge in [0, 0.05) is 33.6 Å². The van der Waals surface area contributed by atoms with Gasteiger partial charge in [-0.3, -0.25) is 0 Å². The molecule has 2 aliphatic rings. The zero-order valence-corrected chi connectivity index (χ0v) is 29.8. The summed E-state index contributed by atoms with van der Waals surface area (Å²) in [6.45, 7) is 23.2. The van der Waals surface area contributed by atoms with Crippen LogP contribution in [0.3, 0.4) is 0 Å². The van der Waals surface area contributed by atoms with Crippen LogP contribution in [0.4, 0.5) is 17.1 Å². The second kappa shape index (κ2) is 11.5. The minimum absolute atomic E-state index is 0.0630. The molecule has 7 rings (SSSR count). The van der Waals surface area contributed by atoms with E-state index < -0.39 is 0 Å². The molecule has 0 fully saturated rings. The van der Waals surface area contributed by atoms with Gasteiger partial charge < -0.3 is 9.64 Å². The summed E-state index contributed by atoms with van der Waals surface area (Å²) in [5, 5.41) is 0. The van der Waals surface area contributed by atoms with Crippen LogP contribution in [0.2, 0.25) is 0 Å². The van der Waals surface area contributed by atoms with E-state index in [1.54, 1.807) is 0 Å². The number of fused-ring (bicyclic) bond motifs is 4. The zero-order chi connectivity index (χ0) is 33.4. The summed E-state index contributed by atoms with van der Waals surface area (Å²) in [7, 11) is 0. The zero-order valence-electron chi connectivity index (χ0n) is 29.8. The van der Waals surface area contributed by atoms with Crippen molar-refractivity contribution in [3.8, 4) is 11.5 Å². The molecule has 2 heterocycles. The molecule has 0 bridgehead atoms. The highest BCUT2D eigenvalue weighted by atomic mass is 16.5. The minimum atomic E-state index is -0.222. The summed E-state index contributed by atoms with van der Waals surface area (Å²) in [5.74, 6) is 3.16. The molecule has 0 aliphatic carbocycles. The first-order valence-electron chi connectivity index (χ1n) is 17.5. The number of aryl methyl sites for hydroxylation is 2. The lowest BCUT2D eigenvalue weighted by Gasteiger charge is -2.42. The van der Waals surface area contributed by atoms with E-state index in [1.807, 2.05) is 0 Å². The van der Waals surface area contributed by atoms with Crippen LogP contribution < -0.4 is 26.0 Å². The molecule has 2 aliphatic heterocycles. The number of rotatable bonds is 5. The number of hydrogen-bond acceptors (Lipinski definition) is 2. The fraction of sp³-hybridized carbons (Fsp3) is 0.318. The first-order chi connectivity index (χ1) is 22.4. The number of hydrogen-bond donors (Lipinski definition) is 0. The molecule has 0 saturated carbocycles. The van der Waals surface area contributed by atoms with Crippen molar-refractivity contribution in [3.63, 3.8) is 0 Å². The Kier molecular flexibility index (Phi) is 7.66. The Morgan fingerprint density at radius 2 is 1.19 bits per heavy atom. The third-order valence-electron chi connectivity index (χ3n) is 10.6. The van der Waals surface area contributed by atoms with Crippen molar-refractivity contribution in [2.24, 2.45) is 0 Å². The number of ether oxygens (including phenoxy) is 1. The van der Waals surface area contributed by atoms with Crippen molar-refractivity contribution in [2.45, 2.75) is 92.4 Å². The average molecular weight is 618 g/mol. The predicted molar refractivity (Wildman–Crippen MR) is 203 cm³/mol. The lowest BCUT2D eigenvalue weighted by atomic mass is 9.33. The Morgan fingerprint density at radius 1 is 0.596 bits per heavy atom. The lowest BCUT2D eigenvalue weighted by Crippen LogP contribution is -2.59. The number of para-hydroxylation sites is 1. The maximum absolute atomic E-state index is 6.85. The topological polar surface area (TPSA) is 12.5 Å². The molecule has 47 heavy (non-hydrogen) atoms. The molecule has 0 aromatic heterocycles. The fourth-order valence-corrected chi connectivity index (χ4v) is 7.97. The van der Waals surface area contributed by atoms with Crippen molar-refractivity contribution < 1.29 is 4.74 Å². The summed E-state index contributed by atoms with van der Waals surface area (Å²) in [6.07, 6.45) is 0. The van der Waals surface area contributed by atoms with Gasteiger partial charge in [-0.15, -0.1) is 0 Å². The smallest absolute Gasteiger partial charge is 0.247 e. The van der Waals surface area contributed by atoms with Crippen LogP contribution in [0.25, 0.3) is 0 Å². The fourth-order valence-electron chi connectivity index (χ4n) is 7.97. The van der Waals surface area contributed by atoms with Gasteiger partial charge in [0.05, 0.1) is 0 Å². The second-order valence-corrected chi connectivity index (χ2v) is 15.4. The molecule has 0 spiro atoms. The summed E-state index contributed by atoms with van der Waals surface area (Å²) >= 11 is 0. The van der Waals surface area contributed by atoms with E-state index in [9.17, 15) is 0 Å². The van der Waals surface area contributed by atoms with Crippen LogP contribution in [0.15, 0.2) is 91.0 Å². The molecule has 0 amide bonds. The molecule has 5 aromatic rings. The van der Waals surface area contributed by atoms with Gasteiger partial charge in [-0.05, 0) is 101 Å². The van der Waals surface area contributed by atoms with Crippen LogP contribution in [-0.4, -0.2) is 6.71 Å². The number of anilines is 3. The first kappa shape index (κ1) is 31.4. The molecule has 0 atom stereocenters. The van der Waals surface area contributed by atoms with E-state index in [0.717, 1.165) is 11.5 Å². The molecule has 0 saturated heterocycles. The Hall–Kier alpha value is -4.24. The van der Waals surface area contributed by atoms with Crippen LogP contribution in [-0.2, 0) is 5.41 Å². The van der Waals surface area contributed by atoms with Crippen molar-refractivity contribution in [1.82, 2.24) is 0 Å². The summed E-state index contributed by atoms with van der Waals surface area (Å²) < 4.78 is 6.85. The predicted octanol–water partition coefficient (Wildman–Crippen LogP) is 10.4. The van der Waals surface area contributed by atoms with Gasteiger partial charge in [0.1, 0.15) is 11.5 Å². The molecular formula is C44H48BNO. The van der Waals surface area contributed by atoms with E-state index in [1.165, 1.54) is 72.4 Å². The van der Waals surface area contributed by atoms with Crippen molar-refractivity contribution in [3.05, 3.63) is 130 Å². The SMILES string of the molecule is Cc1ccc2c(c1)N(c1ccccc1)c1cc3c(cc1B2c1c(C(C)C)cc(C(C)C)cc1C(C)C)Oc1ccc(C)cc1C3(C)C. The Labute approximate surface area is 282 Å². The lowest BCUT2D eigenvalue weighted by molar-refractivity contribution is 0.418. The van der Waals surface area contributed by atoms with E-state index >= 15 is 0 Å². The highest BCUT2D eigenvalue weighted by Crippen LogP contribution is 2.50.